The van der Waals surface area contributed by atoms with Gasteiger partial charge in [-0.1, -0.05) is 12.1 Å². The lowest BCUT2D eigenvalue weighted by molar-refractivity contribution is 0.628. The van der Waals surface area contributed by atoms with Gasteiger partial charge in [0.1, 0.15) is 5.82 Å². The van der Waals surface area contributed by atoms with Gasteiger partial charge in [0.2, 0.25) is 5.95 Å². The van der Waals surface area contributed by atoms with Gasteiger partial charge in [-0.15, -0.1) is 0 Å². The summed E-state index contributed by atoms with van der Waals surface area (Å²) in [5.41, 5.74) is 1.58. The second-order valence-corrected chi connectivity index (χ2v) is 4.10. The molecule has 0 bridgehead atoms. The molecule has 0 amide bonds. The van der Waals surface area contributed by atoms with E-state index < -0.39 is 0 Å². The van der Waals surface area contributed by atoms with Gasteiger partial charge in [0.25, 0.3) is 0 Å². The van der Waals surface area contributed by atoms with E-state index in [4.69, 9.17) is 0 Å². The van der Waals surface area contributed by atoms with Gasteiger partial charge in [-0.25, -0.2) is 14.4 Å². The van der Waals surface area contributed by atoms with Crippen LogP contribution in [0.5, 0.6) is 0 Å². The van der Waals surface area contributed by atoms with Crippen LogP contribution < -0.4 is 5.32 Å². The molecule has 0 radical (unpaired) electrons. The highest BCUT2D eigenvalue weighted by atomic mass is 19.1. The number of aromatic nitrogens is 2. The Kier molecular flexibility index (Phi) is 3.32. The van der Waals surface area contributed by atoms with E-state index in [1.807, 2.05) is 19.9 Å². The molecule has 1 N–H and O–H groups in total. The molecule has 3 nitrogen and oxygen atoms in total. The molecule has 2 aromatic rings. The van der Waals surface area contributed by atoms with Crippen LogP contribution in [0.25, 0.3) is 11.1 Å². The summed E-state index contributed by atoms with van der Waals surface area (Å²) >= 11 is 0. The average molecular weight is 231 g/mol. The van der Waals surface area contributed by atoms with E-state index in [1.165, 1.54) is 12.1 Å². The standard InChI is InChI=1S/C13H14FN3/c1-9(2)17-13-15-7-11(8-16-13)10-4-3-5-12(14)6-10/h3-9H,1-2H3,(H,15,16,17). The summed E-state index contributed by atoms with van der Waals surface area (Å²) in [7, 11) is 0. The van der Waals surface area contributed by atoms with Gasteiger partial charge < -0.3 is 5.32 Å². The molecule has 0 fully saturated rings. The summed E-state index contributed by atoms with van der Waals surface area (Å²) in [5.74, 6) is 0.326. The smallest absolute Gasteiger partial charge is 0.222 e. The minimum Gasteiger partial charge on any atom is -0.352 e. The predicted octanol–water partition coefficient (Wildman–Crippen LogP) is 3.10. The molecule has 0 aliphatic carbocycles. The number of nitrogens with zero attached hydrogens (tertiary/aromatic N) is 2. The lowest BCUT2D eigenvalue weighted by Crippen LogP contribution is -2.12. The van der Waals surface area contributed by atoms with E-state index >= 15 is 0 Å². The lowest BCUT2D eigenvalue weighted by atomic mass is 10.1. The topological polar surface area (TPSA) is 37.8 Å². The minimum absolute atomic E-state index is 0.258. The fourth-order valence-corrected chi connectivity index (χ4v) is 1.48. The van der Waals surface area contributed by atoms with Crippen molar-refractivity contribution in [2.24, 2.45) is 0 Å². The summed E-state index contributed by atoms with van der Waals surface area (Å²) in [6.07, 6.45) is 3.37. The number of hydrogen-bond donors (Lipinski definition) is 1. The Bertz CT molecular complexity index is 494. The highest BCUT2D eigenvalue weighted by Gasteiger charge is 2.02. The van der Waals surface area contributed by atoms with Crippen molar-refractivity contribution >= 4 is 5.95 Å². The largest absolute Gasteiger partial charge is 0.352 e. The molecule has 4 heteroatoms. The van der Waals surface area contributed by atoms with Crippen molar-refractivity contribution in [1.29, 1.82) is 0 Å². The van der Waals surface area contributed by atoms with Gasteiger partial charge in [0.05, 0.1) is 0 Å². The van der Waals surface area contributed by atoms with Crippen LogP contribution in [0.2, 0.25) is 0 Å². The predicted molar refractivity (Wildman–Crippen MR) is 66.2 cm³/mol. The summed E-state index contributed by atoms with van der Waals surface area (Å²) in [6, 6.07) is 6.67. The van der Waals surface area contributed by atoms with E-state index in [0.29, 0.717) is 5.95 Å². The van der Waals surface area contributed by atoms with Crippen LogP contribution in [0.4, 0.5) is 10.3 Å². The first-order chi connectivity index (χ1) is 8.15. The van der Waals surface area contributed by atoms with Crippen molar-refractivity contribution in [1.82, 2.24) is 9.97 Å². The van der Waals surface area contributed by atoms with Gasteiger partial charge in [-0.05, 0) is 31.5 Å². The molecule has 17 heavy (non-hydrogen) atoms. The van der Waals surface area contributed by atoms with E-state index in [1.54, 1.807) is 18.5 Å². The van der Waals surface area contributed by atoms with E-state index in [2.05, 4.69) is 15.3 Å². The van der Waals surface area contributed by atoms with Crippen LogP contribution in [0.15, 0.2) is 36.7 Å². The molecule has 0 saturated carbocycles. The Balaban J connectivity index is 2.23. The fourth-order valence-electron chi connectivity index (χ4n) is 1.48. The molecule has 0 aliphatic heterocycles. The van der Waals surface area contributed by atoms with Crippen LogP contribution in [0.1, 0.15) is 13.8 Å². The molecule has 2 rings (SSSR count). The molecule has 1 heterocycles. The maximum atomic E-state index is 13.1. The summed E-state index contributed by atoms with van der Waals surface area (Å²) in [6.45, 7) is 4.04. The Labute approximate surface area is 99.7 Å². The molecule has 0 saturated heterocycles. The van der Waals surface area contributed by atoms with Gasteiger partial charge in [0.15, 0.2) is 0 Å². The molecule has 0 spiro atoms. The maximum absolute atomic E-state index is 13.1. The minimum atomic E-state index is -0.258. The molecule has 0 aliphatic rings. The molecule has 1 aromatic heterocycles. The second-order valence-electron chi connectivity index (χ2n) is 4.10. The normalized spacial score (nSPS) is 10.6. The van der Waals surface area contributed by atoms with Crippen LogP contribution in [-0.2, 0) is 0 Å². The molecule has 88 valence electrons. The Morgan fingerprint density at radius 3 is 2.41 bits per heavy atom. The van der Waals surface area contributed by atoms with Crippen molar-refractivity contribution in [2.75, 3.05) is 5.32 Å². The highest BCUT2D eigenvalue weighted by Crippen LogP contribution is 2.18. The monoisotopic (exact) mass is 231 g/mol. The molecular weight excluding hydrogens is 217 g/mol. The second kappa shape index (κ2) is 4.91. The average Bonchev–Trinajstić information content (AvgIpc) is 2.29. The quantitative estimate of drug-likeness (QED) is 0.882. The summed E-state index contributed by atoms with van der Waals surface area (Å²) in [4.78, 5) is 8.36. The number of hydrogen-bond acceptors (Lipinski definition) is 3. The van der Waals surface area contributed by atoms with Gasteiger partial charge in [0, 0.05) is 24.0 Å². The Hall–Kier alpha value is -1.97. The number of anilines is 1. The van der Waals surface area contributed by atoms with Crippen molar-refractivity contribution < 1.29 is 4.39 Å². The zero-order chi connectivity index (χ0) is 12.3. The van der Waals surface area contributed by atoms with Gasteiger partial charge in [-0.3, -0.25) is 0 Å². The molecule has 0 atom stereocenters. The highest BCUT2D eigenvalue weighted by molar-refractivity contribution is 5.61. The number of nitrogens with one attached hydrogen (secondary N) is 1. The van der Waals surface area contributed by atoms with Crippen LogP contribution in [0, 0.1) is 5.82 Å². The number of benzene rings is 1. The number of rotatable bonds is 3. The Morgan fingerprint density at radius 2 is 1.82 bits per heavy atom. The van der Waals surface area contributed by atoms with E-state index in [9.17, 15) is 4.39 Å². The third kappa shape index (κ3) is 3.00. The zero-order valence-corrected chi connectivity index (χ0v) is 9.81. The molecule has 0 unspecified atom stereocenters. The van der Waals surface area contributed by atoms with Crippen molar-refractivity contribution in [3.05, 3.63) is 42.5 Å². The summed E-state index contributed by atoms with van der Waals surface area (Å²) in [5, 5.41) is 3.10. The molecular formula is C13H14FN3. The third-order valence-electron chi connectivity index (χ3n) is 2.23. The van der Waals surface area contributed by atoms with Crippen molar-refractivity contribution in [3.63, 3.8) is 0 Å². The SMILES string of the molecule is CC(C)Nc1ncc(-c2cccc(F)c2)cn1. The van der Waals surface area contributed by atoms with Crippen LogP contribution >= 0.6 is 0 Å². The summed E-state index contributed by atoms with van der Waals surface area (Å²) < 4.78 is 13.1. The van der Waals surface area contributed by atoms with Crippen LogP contribution in [-0.4, -0.2) is 16.0 Å². The van der Waals surface area contributed by atoms with Gasteiger partial charge >= 0.3 is 0 Å². The third-order valence-corrected chi connectivity index (χ3v) is 2.23. The van der Waals surface area contributed by atoms with E-state index in [0.717, 1.165) is 11.1 Å². The van der Waals surface area contributed by atoms with Crippen molar-refractivity contribution in [3.8, 4) is 11.1 Å². The first-order valence-electron chi connectivity index (χ1n) is 5.49. The Morgan fingerprint density at radius 1 is 1.12 bits per heavy atom. The maximum Gasteiger partial charge on any atom is 0.222 e. The lowest BCUT2D eigenvalue weighted by Gasteiger charge is -2.08. The number of halogens is 1. The van der Waals surface area contributed by atoms with Crippen LogP contribution in [0.3, 0.4) is 0 Å². The molecule has 1 aromatic carbocycles. The zero-order valence-electron chi connectivity index (χ0n) is 9.81. The van der Waals surface area contributed by atoms with Gasteiger partial charge in [-0.2, -0.15) is 0 Å². The fraction of sp³-hybridized carbons (Fsp3) is 0.231. The van der Waals surface area contributed by atoms with Crippen molar-refractivity contribution in [2.45, 2.75) is 19.9 Å². The first-order valence-corrected chi connectivity index (χ1v) is 5.49. The first kappa shape index (κ1) is 11.5. The van der Waals surface area contributed by atoms with E-state index in [-0.39, 0.29) is 11.9 Å².